The van der Waals surface area contributed by atoms with E-state index in [4.69, 9.17) is 9.47 Å². The van der Waals surface area contributed by atoms with Gasteiger partial charge in [-0.25, -0.2) is 4.39 Å². The SMILES string of the molecule is CC(C)C(NC(=O)COc1ccccc1)C(=O)NCCCCOc1ccc(F)cc1. The molecule has 0 spiro atoms. The molecule has 162 valence electrons. The minimum atomic E-state index is -0.632. The van der Waals surface area contributed by atoms with Crippen LogP contribution in [-0.2, 0) is 9.59 Å². The third-order valence-corrected chi connectivity index (χ3v) is 4.33. The van der Waals surface area contributed by atoms with Gasteiger partial charge < -0.3 is 20.1 Å². The fraction of sp³-hybridized carbons (Fsp3) is 0.391. The Morgan fingerprint density at radius 1 is 0.933 bits per heavy atom. The van der Waals surface area contributed by atoms with Crippen LogP contribution in [0.25, 0.3) is 0 Å². The fourth-order valence-corrected chi connectivity index (χ4v) is 2.69. The number of carbonyl (C=O) groups is 2. The molecule has 1 atom stereocenters. The average molecular weight is 416 g/mol. The van der Waals surface area contributed by atoms with Crippen molar-refractivity contribution in [1.82, 2.24) is 10.6 Å². The lowest BCUT2D eigenvalue weighted by atomic mass is 10.0. The van der Waals surface area contributed by atoms with Gasteiger partial charge in [0.1, 0.15) is 23.4 Å². The number of rotatable bonds is 12. The Bertz CT molecular complexity index is 782. The molecule has 0 fully saturated rings. The van der Waals surface area contributed by atoms with Crippen molar-refractivity contribution in [3.8, 4) is 11.5 Å². The Hall–Kier alpha value is -3.09. The molecule has 2 N–H and O–H groups in total. The van der Waals surface area contributed by atoms with Crippen molar-refractivity contribution in [1.29, 1.82) is 0 Å². The highest BCUT2D eigenvalue weighted by Crippen LogP contribution is 2.11. The second-order valence-corrected chi connectivity index (χ2v) is 7.19. The molecule has 2 aromatic rings. The van der Waals surface area contributed by atoms with E-state index in [0.29, 0.717) is 24.7 Å². The van der Waals surface area contributed by atoms with E-state index < -0.39 is 6.04 Å². The van der Waals surface area contributed by atoms with Crippen LogP contribution in [-0.4, -0.2) is 37.6 Å². The summed E-state index contributed by atoms with van der Waals surface area (Å²) in [4.78, 5) is 24.6. The molecule has 6 nitrogen and oxygen atoms in total. The molecule has 0 aliphatic heterocycles. The number of hydrogen-bond acceptors (Lipinski definition) is 4. The van der Waals surface area contributed by atoms with E-state index in [1.807, 2.05) is 32.0 Å². The fourth-order valence-electron chi connectivity index (χ4n) is 2.69. The van der Waals surface area contributed by atoms with Gasteiger partial charge in [0, 0.05) is 6.54 Å². The number of benzene rings is 2. The van der Waals surface area contributed by atoms with E-state index in [9.17, 15) is 14.0 Å². The van der Waals surface area contributed by atoms with Gasteiger partial charge in [-0.15, -0.1) is 0 Å². The first kappa shape index (κ1) is 23.2. The monoisotopic (exact) mass is 416 g/mol. The lowest BCUT2D eigenvalue weighted by Gasteiger charge is -2.21. The molecule has 0 radical (unpaired) electrons. The first-order valence-electron chi connectivity index (χ1n) is 10.1. The maximum Gasteiger partial charge on any atom is 0.258 e. The van der Waals surface area contributed by atoms with E-state index in [0.717, 1.165) is 12.8 Å². The molecular formula is C23H29FN2O4. The van der Waals surface area contributed by atoms with Gasteiger partial charge in [0.25, 0.3) is 5.91 Å². The van der Waals surface area contributed by atoms with Crippen molar-refractivity contribution in [3.63, 3.8) is 0 Å². The van der Waals surface area contributed by atoms with E-state index in [2.05, 4.69) is 10.6 Å². The van der Waals surface area contributed by atoms with Crippen LogP contribution in [0.2, 0.25) is 0 Å². The number of unbranched alkanes of at least 4 members (excludes halogenated alkanes) is 1. The number of nitrogens with one attached hydrogen (secondary N) is 2. The zero-order chi connectivity index (χ0) is 21.8. The number of amides is 2. The normalized spacial score (nSPS) is 11.6. The quantitative estimate of drug-likeness (QED) is 0.521. The van der Waals surface area contributed by atoms with E-state index in [-0.39, 0.29) is 30.2 Å². The van der Waals surface area contributed by atoms with Crippen LogP contribution in [0.1, 0.15) is 26.7 Å². The number of ether oxygens (including phenoxy) is 2. The van der Waals surface area contributed by atoms with Crippen molar-refractivity contribution < 1.29 is 23.5 Å². The third-order valence-electron chi connectivity index (χ3n) is 4.33. The standard InChI is InChI=1S/C23H29FN2O4/c1-17(2)22(26-21(27)16-30-19-8-4-3-5-9-19)23(28)25-14-6-7-15-29-20-12-10-18(24)11-13-20/h3-5,8-13,17,22H,6-7,14-16H2,1-2H3,(H,25,28)(H,26,27). The molecule has 30 heavy (non-hydrogen) atoms. The van der Waals surface area contributed by atoms with Crippen LogP contribution in [0.15, 0.2) is 54.6 Å². The molecule has 0 heterocycles. The molecule has 2 rings (SSSR count). The van der Waals surface area contributed by atoms with Crippen LogP contribution in [0.5, 0.6) is 11.5 Å². The summed E-state index contributed by atoms with van der Waals surface area (Å²) < 4.78 is 23.8. The number of carbonyl (C=O) groups excluding carboxylic acids is 2. The number of hydrogen-bond donors (Lipinski definition) is 2. The summed E-state index contributed by atoms with van der Waals surface area (Å²) in [5.41, 5.74) is 0. The van der Waals surface area contributed by atoms with Crippen LogP contribution in [0.3, 0.4) is 0 Å². The van der Waals surface area contributed by atoms with E-state index >= 15 is 0 Å². The van der Waals surface area contributed by atoms with Gasteiger partial charge >= 0.3 is 0 Å². The van der Waals surface area contributed by atoms with Crippen molar-refractivity contribution in [3.05, 3.63) is 60.4 Å². The van der Waals surface area contributed by atoms with Gasteiger partial charge in [0.2, 0.25) is 5.91 Å². The molecule has 0 aliphatic carbocycles. The first-order valence-corrected chi connectivity index (χ1v) is 10.1. The van der Waals surface area contributed by atoms with Crippen LogP contribution >= 0.6 is 0 Å². The Morgan fingerprint density at radius 2 is 1.60 bits per heavy atom. The smallest absolute Gasteiger partial charge is 0.258 e. The highest BCUT2D eigenvalue weighted by atomic mass is 19.1. The third kappa shape index (κ3) is 8.51. The molecule has 0 saturated carbocycles. The van der Waals surface area contributed by atoms with Crippen LogP contribution < -0.4 is 20.1 Å². The van der Waals surface area contributed by atoms with Crippen molar-refractivity contribution in [2.75, 3.05) is 19.8 Å². The van der Waals surface area contributed by atoms with Crippen LogP contribution in [0, 0.1) is 11.7 Å². The van der Waals surface area contributed by atoms with E-state index in [1.54, 1.807) is 24.3 Å². The molecule has 0 aromatic heterocycles. The second kappa shape index (κ2) is 12.5. The van der Waals surface area contributed by atoms with Gasteiger partial charge in [-0.3, -0.25) is 9.59 Å². The lowest BCUT2D eigenvalue weighted by molar-refractivity contribution is -0.131. The Morgan fingerprint density at radius 3 is 2.27 bits per heavy atom. The predicted octanol–water partition coefficient (Wildman–Crippen LogP) is 3.32. The van der Waals surface area contributed by atoms with Gasteiger partial charge in [-0.2, -0.15) is 0 Å². The molecule has 0 aliphatic rings. The molecule has 0 bridgehead atoms. The molecule has 0 saturated heterocycles. The van der Waals surface area contributed by atoms with Crippen molar-refractivity contribution in [2.45, 2.75) is 32.7 Å². The largest absolute Gasteiger partial charge is 0.494 e. The maximum absolute atomic E-state index is 12.8. The van der Waals surface area contributed by atoms with E-state index in [1.165, 1.54) is 12.1 Å². The lowest BCUT2D eigenvalue weighted by Crippen LogP contribution is -2.51. The summed E-state index contributed by atoms with van der Waals surface area (Å²) in [6.45, 7) is 4.55. The summed E-state index contributed by atoms with van der Waals surface area (Å²) in [5.74, 6) is 0.274. The topological polar surface area (TPSA) is 76.7 Å². The predicted molar refractivity (Wildman–Crippen MR) is 113 cm³/mol. The maximum atomic E-state index is 12.8. The van der Waals surface area contributed by atoms with Gasteiger partial charge in [0.05, 0.1) is 6.61 Å². The molecular weight excluding hydrogens is 387 g/mol. The average Bonchev–Trinajstić information content (AvgIpc) is 2.74. The van der Waals surface area contributed by atoms with Gasteiger partial charge in [-0.1, -0.05) is 32.0 Å². The molecule has 2 amide bonds. The number of para-hydroxylation sites is 1. The summed E-state index contributed by atoms with van der Waals surface area (Å²) >= 11 is 0. The summed E-state index contributed by atoms with van der Waals surface area (Å²) in [6.07, 6.45) is 1.46. The molecule has 2 aromatic carbocycles. The van der Waals surface area contributed by atoms with Gasteiger partial charge in [-0.05, 0) is 55.2 Å². The van der Waals surface area contributed by atoms with Crippen LogP contribution in [0.4, 0.5) is 4.39 Å². The minimum absolute atomic E-state index is 0.0625. The van der Waals surface area contributed by atoms with Crippen molar-refractivity contribution >= 4 is 11.8 Å². The first-order chi connectivity index (χ1) is 14.5. The highest BCUT2D eigenvalue weighted by Gasteiger charge is 2.23. The Kier molecular flexibility index (Phi) is 9.64. The Balaban J connectivity index is 1.65. The number of halogens is 1. The Labute approximate surface area is 176 Å². The zero-order valence-corrected chi connectivity index (χ0v) is 17.4. The summed E-state index contributed by atoms with van der Waals surface area (Å²) in [5, 5.41) is 5.58. The molecule has 7 heteroatoms. The minimum Gasteiger partial charge on any atom is -0.494 e. The summed E-state index contributed by atoms with van der Waals surface area (Å²) in [6, 6.07) is 14.3. The molecule has 1 unspecified atom stereocenters. The van der Waals surface area contributed by atoms with Crippen molar-refractivity contribution in [2.24, 2.45) is 5.92 Å². The van der Waals surface area contributed by atoms with Gasteiger partial charge in [0.15, 0.2) is 6.61 Å². The highest BCUT2D eigenvalue weighted by molar-refractivity contribution is 5.88. The second-order valence-electron chi connectivity index (χ2n) is 7.19. The summed E-state index contributed by atoms with van der Waals surface area (Å²) in [7, 11) is 0. The zero-order valence-electron chi connectivity index (χ0n) is 17.4.